The molecule has 0 bridgehead atoms. The van der Waals surface area contributed by atoms with E-state index in [1.807, 2.05) is 32.0 Å². The normalized spacial score (nSPS) is 19.1. The van der Waals surface area contributed by atoms with Crippen molar-refractivity contribution >= 4 is 5.91 Å². The second-order valence-corrected chi connectivity index (χ2v) is 5.96. The minimum absolute atomic E-state index is 0.0207. The fourth-order valence-corrected chi connectivity index (χ4v) is 2.58. The van der Waals surface area contributed by atoms with Crippen molar-refractivity contribution in [3.05, 3.63) is 35.4 Å². The van der Waals surface area contributed by atoms with E-state index in [4.69, 9.17) is 4.74 Å². The van der Waals surface area contributed by atoms with Gasteiger partial charge in [0, 0.05) is 6.54 Å². The highest BCUT2D eigenvalue weighted by molar-refractivity contribution is 5.76. The Morgan fingerprint density at radius 3 is 2.95 bits per heavy atom. The third-order valence-corrected chi connectivity index (χ3v) is 4.00. The first kappa shape index (κ1) is 16.0. The van der Waals surface area contributed by atoms with Crippen LogP contribution in [0.25, 0.3) is 0 Å². The van der Waals surface area contributed by atoms with Crippen LogP contribution in [0.1, 0.15) is 43.9 Å². The molecule has 2 rings (SSSR count). The number of ether oxygens (including phenoxy) is 1. The Balaban J connectivity index is 1.81. The lowest BCUT2D eigenvalue weighted by molar-refractivity contribution is -0.124. The number of aliphatic hydroxyl groups excluding tert-OH is 1. The number of nitrogens with one attached hydrogen (secondary N) is 1. The second-order valence-electron chi connectivity index (χ2n) is 5.96. The van der Waals surface area contributed by atoms with Crippen molar-refractivity contribution in [2.45, 2.75) is 45.3 Å². The molecular weight excluding hydrogens is 266 g/mol. The molecule has 1 heterocycles. The van der Waals surface area contributed by atoms with E-state index in [2.05, 4.69) is 11.4 Å². The molecule has 0 fully saturated rings. The van der Waals surface area contributed by atoms with E-state index in [1.54, 1.807) is 0 Å². The summed E-state index contributed by atoms with van der Waals surface area (Å²) in [6.07, 6.45) is 1.33. The van der Waals surface area contributed by atoms with E-state index >= 15 is 0 Å². The number of rotatable bonds is 6. The summed E-state index contributed by atoms with van der Waals surface area (Å²) < 4.78 is 5.73. The Morgan fingerprint density at radius 1 is 1.43 bits per heavy atom. The highest BCUT2D eigenvalue weighted by atomic mass is 16.5. The molecule has 1 amide bonds. The minimum atomic E-state index is -0.364. The molecule has 2 atom stereocenters. The number of hydrogen-bond donors (Lipinski definition) is 2. The third kappa shape index (κ3) is 4.55. The smallest absolute Gasteiger partial charge is 0.222 e. The molecular formula is C17H25NO3. The van der Waals surface area contributed by atoms with Crippen molar-refractivity contribution < 1.29 is 14.6 Å². The Morgan fingerprint density at radius 2 is 2.19 bits per heavy atom. The number of benzene rings is 1. The molecule has 4 nitrogen and oxygen atoms in total. The van der Waals surface area contributed by atoms with E-state index in [9.17, 15) is 9.90 Å². The molecule has 21 heavy (non-hydrogen) atoms. The lowest BCUT2D eigenvalue weighted by Gasteiger charge is -2.25. The standard InChI is InChI=1S/C17H25NO3/c1-12(2)15(19)7-9-18-17(20)11-16-14-6-4-3-5-13(14)8-10-21-16/h3-6,12,15-16,19H,7-11H2,1-2H3,(H,18,20). The summed E-state index contributed by atoms with van der Waals surface area (Å²) in [5.41, 5.74) is 2.40. The van der Waals surface area contributed by atoms with Crippen LogP contribution >= 0.6 is 0 Å². The zero-order valence-corrected chi connectivity index (χ0v) is 12.8. The monoisotopic (exact) mass is 291 g/mol. The Kier molecular flexibility index (Phi) is 5.76. The van der Waals surface area contributed by atoms with Crippen molar-refractivity contribution in [1.29, 1.82) is 0 Å². The molecule has 0 radical (unpaired) electrons. The van der Waals surface area contributed by atoms with E-state index in [0.717, 1.165) is 12.0 Å². The minimum Gasteiger partial charge on any atom is -0.393 e. The number of hydrogen-bond acceptors (Lipinski definition) is 3. The van der Waals surface area contributed by atoms with Crippen LogP contribution in [-0.4, -0.2) is 30.3 Å². The van der Waals surface area contributed by atoms with Crippen molar-refractivity contribution in [2.24, 2.45) is 5.92 Å². The molecule has 0 aromatic heterocycles. The van der Waals surface area contributed by atoms with Crippen LogP contribution in [0.5, 0.6) is 0 Å². The quantitative estimate of drug-likeness (QED) is 0.845. The molecule has 1 aromatic carbocycles. The zero-order valence-electron chi connectivity index (χ0n) is 12.8. The van der Waals surface area contributed by atoms with Crippen LogP contribution in [-0.2, 0) is 16.0 Å². The first-order valence-electron chi connectivity index (χ1n) is 7.72. The van der Waals surface area contributed by atoms with Gasteiger partial charge in [-0.2, -0.15) is 0 Å². The summed E-state index contributed by atoms with van der Waals surface area (Å²) in [7, 11) is 0. The Hall–Kier alpha value is -1.39. The summed E-state index contributed by atoms with van der Waals surface area (Å²) in [5.74, 6) is 0.197. The molecule has 1 aliphatic rings. The van der Waals surface area contributed by atoms with Gasteiger partial charge in [-0.25, -0.2) is 0 Å². The molecule has 0 saturated carbocycles. The molecule has 4 heteroatoms. The summed E-state index contributed by atoms with van der Waals surface area (Å²) >= 11 is 0. The van der Waals surface area contributed by atoms with Gasteiger partial charge in [0.05, 0.1) is 25.2 Å². The van der Waals surface area contributed by atoms with Gasteiger partial charge in [0.2, 0.25) is 5.91 Å². The number of carbonyl (C=O) groups is 1. The number of amides is 1. The number of fused-ring (bicyclic) bond motifs is 1. The van der Waals surface area contributed by atoms with Crippen molar-refractivity contribution in [2.75, 3.05) is 13.2 Å². The fourth-order valence-electron chi connectivity index (χ4n) is 2.58. The molecule has 0 spiro atoms. The van der Waals surface area contributed by atoms with Crippen LogP contribution in [0.2, 0.25) is 0 Å². The number of carbonyl (C=O) groups excluding carboxylic acids is 1. The summed E-state index contributed by atoms with van der Waals surface area (Å²) in [6.45, 7) is 5.12. The Bertz CT molecular complexity index is 473. The van der Waals surface area contributed by atoms with Crippen LogP contribution in [0.3, 0.4) is 0 Å². The maximum atomic E-state index is 12.0. The van der Waals surface area contributed by atoms with Crippen molar-refractivity contribution in [3.8, 4) is 0 Å². The largest absolute Gasteiger partial charge is 0.393 e. The van der Waals surface area contributed by atoms with Gasteiger partial charge in [-0.15, -0.1) is 0 Å². The van der Waals surface area contributed by atoms with Crippen LogP contribution in [0, 0.1) is 5.92 Å². The molecule has 1 aromatic rings. The first-order valence-corrected chi connectivity index (χ1v) is 7.72. The lowest BCUT2D eigenvalue weighted by atomic mass is 9.95. The number of aliphatic hydroxyl groups is 1. The van der Waals surface area contributed by atoms with Gasteiger partial charge < -0.3 is 15.2 Å². The molecule has 116 valence electrons. The predicted octanol–water partition coefficient (Wildman–Crippen LogP) is 2.21. The van der Waals surface area contributed by atoms with Gasteiger partial charge in [0.25, 0.3) is 0 Å². The highest BCUT2D eigenvalue weighted by Crippen LogP contribution is 2.29. The highest BCUT2D eigenvalue weighted by Gasteiger charge is 2.23. The summed E-state index contributed by atoms with van der Waals surface area (Å²) in [6, 6.07) is 8.14. The third-order valence-electron chi connectivity index (χ3n) is 4.00. The Labute approximate surface area is 126 Å². The van der Waals surface area contributed by atoms with Crippen LogP contribution in [0.4, 0.5) is 0 Å². The van der Waals surface area contributed by atoms with Gasteiger partial charge in [-0.3, -0.25) is 4.79 Å². The first-order chi connectivity index (χ1) is 10.1. The van der Waals surface area contributed by atoms with Gasteiger partial charge in [-0.05, 0) is 29.9 Å². The van der Waals surface area contributed by atoms with E-state index in [-0.39, 0.29) is 24.0 Å². The maximum absolute atomic E-state index is 12.0. The average molecular weight is 291 g/mol. The van der Waals surface area contributed by atoms with Gasteiger partial charge in [0.15, 0.2) is 0 Å². The molecule has 2 unspecified atom stereocenters. The summed E-state index contributed by atoms with van der Waals surface area (Å²) in [5, 5.41) is 12.6. The van der Waals surface area contributed by atoms with Gasteiger partial charge >= 0.3 is 0 Å². The topological polar surface area (TPSA) is 58.6 Å². The second kappa shape index (κ2) is 7.57. The van der Waals surface area contributed by atoms with E-state index in [0.29, 0.717) is 26.0 Å². The molecule has 2 N–H and O–H groups in total. The average Bonchev–Trinajstić information content (AvgIpc) is 2.47. The molecule has 0 saturated heterocycles. The SMILES string of the molecule is CC(C)C(O)CCNC(=O)CC1OCCc2ccccc21. The van der Waals surface area contributed by atoms with Gasteiger partial charge in [-0.1, -0.05) is 38.1 Å². The fraction of sp³-hybridized carbons (Fsp3) is 0.588. The van der Waals surface area contributed by atoms with E-state index < -0.39 is 0 Å². The lowest BCUT2D eigenvalue weighted by Crippen LogP contribution is -2.31. The molecule has 0 aliphatic carbocycles. The van der Waals surface area contributed by atoms with Gasteiger partial charge in [0.1, 0.15) is 0 Å². The zero-order chi connectivity index (χ0) is 15.2. The molecule has 1 aliphatic heterocycles. The van der Waals surface area contributed by atoms with Crippen molar-refractivity contribution in [3.63, 3.8) is 0 Å². The van der Waals surface area contributed by atoms with E-state index in [1.165, 1.54) is 5.56 Å². The maximum Gasteiger partial charge on any atom is 0.222 e. The summed E-state index contributed by atoms with van der Waals surface area (Å²) in [4.78, 5) is 12.0. The van der Waals surface area contributed by atoms with Crippen molar-refractivity contribution in [1.82, 2.24) is 5.32 Å². The predicted molar refractivity (Wildman–Crippen MR) is 81.9 cm³/mol. The van der Waals surface area contributed by atoms with Crippen LogP contribution < -0.4 is 5.32 Å². The van der Waals surface area contributed by atoms with Crippen LogP contribution in [0.15, 0.2) is 24.3 Å².